The minimum Gasteiger partial charge on any atom is -0.504 e. The van der Waals surface area contributed by atoms with Crippen LogP contribution in [0.25, 0.3) is 0 Å². The lowest BCUT2D eigenvalue weighted by molar-refractivity contribution is 0.112. The van der Waals surface area contributed by atoms with E-state index in [1.54, 1.807) is 0 Å². The number of rotatable bonds is 1. The molecule has 4 heteroatoms. The largest absolute Gasteiger partial charge is 0.504 e. The molecule has 0 heterocycles. The molecule has 2 nitrogen and oxygen atoms in total. The molecule has 0 saturated heterocycles. The second-order valence-electron chi connectivity index (χ2n) is 2.35. The minimum atomic E-state index is -0.843. The van der Waals surface area contributed by atoms with E-state index in [1.807, 2.05) is 0 Å². The number of phenolic OH excluding ortho intramolecular Hbond substituents is 1. The van der Waals surface area contributed by atoms with Gasteiger partial charge < -0.3 is 5.11 Å². The molecule has 12 heavy (non-hydrogen) atoms. The van der Waals surface area contributed by atoms with Crippen LogP contribution in [0.2, 0.25) is 5.02 Å². The van der Waals surface area contributed by atoms with Gasteiger partial charge in [-0.05, 0) is 18.6 Å². The highest BCUT2D eigenvalue weighted by Crippen LogP contribution is 2.30. The smallest absolute Gasteiger partial charge is 0.170 e. The zero-order valence-electron chi connectivity index (χ0n) is 6.27. The van der Waals surface area contributed by atoms with Crippen LogP contribution >= 0.6 is 11.6 Å². The lowest BCUT2D eigenvalue weighted by Gasteiger charge is -2.03. The fourth-order valence-electron chi connectivity index (χ4n) is 0.845. The van der Waals surface area contributed by atoms with Crippen molar-refractivity contribution < 1.29 is 14.3 Å². The fraction of sp³-hybridized carbons (Fsp3) is 0.125. The Morgan fingerprint density at radius 2 is 2.25 bits per heavy atom. The van der Waals surface area contributed by atoms with E-state index in [0.717, 1.165) is 0 Å². The Labute approximate surface area is 73.6 Å². The summed E-state index contributed by atoms with van der Waals surface area (Å²) in [5.41, 5.74) is 0.252. The van der Waals surface area contributed by atoms with Crippen molar-refractivity contribution in [1.29, 1.82) is 0 Å². The molecule has 0 aromatic heterocycles. The fourth-order valence-corrected chi connectivity index (χ4v) is 1.05. The number of phenols is 1. The van der Waals surface area contributed by atoms with E-state index in [4.69, 9.17) is 16.7 Å². The molecule has 64 valence electrons. The van der Waals surface area contributed by atoms with Crippen LogP contribution in [0, 0.1) is 12.7 Å². The number of carbonyl (C=O) groups is 1. The lowest BCUT2D eigenvalue weighted by Crippen LogP contribution is -1.92. The first-order chi connectivity index (χ1) is 5.57. The van der Waals surface area contributed by atoms with Gasteiger partial charge in [-0.3, -0.25) is 4.79 Å². The van der Waals surface area contributed by atoms with Gasteiger partial charge in [-0.2, -0.15) is 0 Å². The van der Waals surface area contributed by atoms with Crippen LogP contribution < -0.4 is 0 Å². The van der Waals surface area contributed by atoms with Gasteiger partial charge in [0.05, 0.1) is 5.02 Å². The summed E-state index contributed by atoms with van der Waals surface area (Å²) in [6.45, 7) is 1.40. The van der Waals surface area contributed by atoms with Crippen LogP contribution in [0.15, 0.2) is 6.07 Å². The third-order valence-electron chi connectivity index (χ3n) is 1.61. The van der Waals surface area contributed by atoms with E-state index in [-0.39, 0.29) is 16.1 Å². The number of benzene rings is 1. The number of aldehydes is 1. The van der Waals surface area contributed by atoms with Crippen molar-refractivity contribution in [2.24, 2.45) is 0 Å². The summed E-state index contributed by atoms with van der Waals surface area (Å²) in [6.07, 6.45) is 0.490. The van der Waals surface area contributed by atoms with E-state index in [1.165, 1.54) is 13.0 Å². The maximum atomic E-state index is 12.9. The maximum absolute atomic E-state index is 12.9. The molecule has 1 N–H and O–H groups in total. The van der Waals surface area contributed by atoms with E-state index in [0.29, 0.717) is 6.29 Å². The van der Waals surface area contributed by atoms with Crippen molar-refractivity contribution in [3.63, 3.8) is 0 Å². The van der Waals surface area contributed by atoms with Crippen LogP contribution in [0.4, 0.5) is 4.39 Å². The third-order valence-corrected chi connectivity index (χ3v) is 1.89. The molecule has 1 rings (SSSR count). The molecule has 0 unspecified atom stereocenters. The maximum Gasteiger partial charge on any atom is 0.170 e. The Hall–Kier alpha value is -1.09. The van der Waals surface area contributed by atoms with Crippen molar-refractivity contribution >= 4 is 17.9 Å². The Bertz CT molecular complexity index is 336. The summed E-state index contributed by atoms with van der Waals surface area (Å²) in [6, 6.07) is 1.22. The minimum absolute atomic E-state index is 0.104. The zero-order chi connectivity index (χ0) is 9.30. The first-order valence-corrected chi connectivity index (χ1v) is 3.58. The highest BCUT2D eigenvalue weighted by Gasteiger charge is 2.12. The summed E-state index contributed by atoms with van der Waals surface area (Å²) in [7, 11) is 0. The Morgan fingerprint density at radius 1 is 1.67 bits per heavy atom. The normalized spacial score (nSPS) is 9.92. The van der Waals surface area contributed by atoms with Gasteiger partial charge >= 0.3 is 0 Å². The Morgan fingerprint density at radius 3 is 2.75 bits per heavy atom. The van der Waals surface area contributed by atoms with Crippen molar-refractivity contribution in [3.8, 4) is 5.75 Å². The van der Waals surface area contributed by atoms with Crippen molar-refractivity contribution in [2.75, 3.05) is 0 Å². The standard InChI is InChI=1S/C8H6ClFO2/c1-4-5(3-11)2-6(9)8(12)7(4)10/h2-3,12H,1H3. The van der Waals surface area contributed by atoms with Crippen molar-refractivity contribution in [3.05, 3.63) is 28.0 Å². The average molecular weight is 189 g/mol. The first kappa shape index (κ1) is 9.00. The second-order valence-corrected chi connectivity index (χ2v) is 2.76. The van der Waals surface area contributed by atoms with Gasteiger partial charge in [-0.1, -0.05) is 11.6 Å². The number of aromatic hydroxyl groups is 1. The van der Waals surface area contributed by atoms with Crippen LogP contribution in [0.3, 0.4) is 0 Å². The van der Waals surface area contributed by atoms with Crippen molar-refractivity contribution in [1.82, 2.24) is 0 Å². The molecule has 0 saturated carbocycles. The predicted molar refractivity (Wildman–Crippen MR) is 43.2 cm³/mol. The number of carbonyl (C=O) groups excluding carboxylic acids is 1. The SMILES string of the molecule is Cc1c(C=O)cc(Cl)c(O)c1F. The highest BCUT2D eigenvalue weighted by atomic mass is 35.5. The highest BCUT2D eigenvalue weighted by molar-refractivity contribution is 6.32. The van der Waals surface area contributed by atoms with Gasteiger partial charge in [0.2, 0.25) is 0 Å². The van der Waals surface area contributed by atoms with Gasteiger partial charge in [-0.15, -0.1) is 0 Å². The number of hydrogen-bond acceptors (Lipinski definition) is 2. The first-order valence-electron chi connectivity index (χ1n) is 3.20. The second kappa shape index (κ2) is 3.11. The number of hydrogen-bond donors (Lipinski definition) is 1. The van der Waals surface area contributed by atoms with Crippen molar-refractivity contribution in [2.45, 2.75) is 6.92 Å². The Kier molecular flexibility index (Phi) is 2.33. The molecule has 0 spiro atoms. The molecule has 1 aromatic carbocycles. The third kappa shape index (κ3) is 1.28. The van der Waals surface area contributed by atoms with Gasteiger partial charge in [0, 0.05) is 5.56 Å². The van der Waals surface area contributed by atoms with Crippen LogP contribution in [0.1, 0.15) is 15.9 Å². The summed E-state index contributed by atoms with van der Waals surface area (Å²) in [5.74, 6) is -1.45. The number of halogens is 2. The summed E-state index contributed by atoms with van der Waals surface area (Å²) in [5, 5.41) is 8.83. The molecule has 0 aliphatic rings. The van der Waals surface area contributed by atoms with Gasteiger partial charge in [0.25, 0.3) is 0 Å². The van der Waals surface area contributed by atoms with E-state index in [2.05, 4.69) is 0 Å². The quantitative estimate of drug-likeness (QED) is 0.687. The Balaban J connectivity index is 3.49. The van der Waals surface area contributed by atoms with Crippen LogP contribution in [0.5, 0.6) is 5.75 Å². The van der Waals surface area contributed by atoms with Crippen LogP contribution in [-0.2, 0) is 0 Å². The van der Waals surface area contributed by atoms with E-state index < -0.39 is 11.6 Å². The average Bonchev–Trinajstić information content (AvgIpc) is 2.08. The zero-order valence-corrected chi connectivity index (χ0v) is 7.02. The van der Waals surface area contributed by atoms with Gasteiger partial charge in [0.15, 0.2) is 11.6 Å². The summed E-state index contributed by atoms with van der Waals surface area (Å²) < 4.78 is 12.9. The summed E-state index contributed by atoms with van der Waals surface area (Å²) in [4.78, 5) is 10.3. The molecule has 0 fully saturated rings. The monoisotopic (exact) mass is 188 g/mol. The van der Waals surface area contributed by atoms with Crippen LogP contribution in [-0.4, -0.2) is 11.4 Å². The lowest BCUT2D eigenvalue weighted by atomic mass is 10.1. The summed E-state index contributed by atoms with van der Waals surface area (Å²) >= 11 is 5.42. The van der Waals surface area contributed by atoms with Gasteiger partial charge in [0.1, 0.15) is 6.29 Å². The molecule has 0 atom stereocenters. The van der Waals surface area contributed by atoms with E-state index >= 15 is 0 Å². The molecule has 0 aliphatic carbocycles. The molecule has 0 bridgehead atoms. The van der Waals surface area contributed by atoms with Gasteiger partial charge in [-0.25, -0.2) is 4.39 Å². The topological polar surface area (TPSA) is 37.3 Å². The molecular weight excluding hydrogens is 183 g/mol. The molecular formula is C8H6ClFO2. The molecule has 0 amide bonds. The predicted octanol–water partition coefficient (Wildman–Crippen LogP) is 2.31. The van der Waals surface area contributed by atoms with E-state index in [9.17, 15) is 9.18 Å². The molecule has 0 radical (unpaired) electrons. The molecule has 0 aliphatic heterocycles. The molecule has 1 aromatic rings.